The summed E-state index contributed by atoms with van der Waals surface area (Å²) in [6, 6.07) is 7.27. The van der Waals surface area contributed by atoms with Gasteiger partial charge in [-0.3, -0.25) is 4.98 Å². The van der Waals surface area contributed by atoms with Crippen LogP contribution < -0.4 is 0 Å². The van der Waals surface area contributed by atoms with Gasteiger partial charge in [0.05, 0.1) is 23.4 Å². The summed E-state index contributed by atoms with van der Waals surface area (Å²) in [5.41, 5.74) is 1.90. The third-order valence-electron chi connectivity index (χ3n) is 3.05. The molecule has 0 radical (unpaired) electrons. The average Bonchev–Trinajstić information content (AvgIpc) is 3.05. The van der Waals surface area contributed by atoms with Gasteiger partial charge in [-0.25, -0.2) is 14.5 Å². The molecule has 3 rings (SSSR count). The zero-order valence-corrected chi connectivity index (χ0v) is 11.2. The minimum Gasteiger partial charge on any atom is -0.478 e. The summed E-state index contributed by atoms with van der Waals surface area (Å²) in [7, 11) is 0. The lowest BCUT2D eigenvalue weighted by Crippen LogP contribution is -2.00. The number of aromatic carboxylic acids is 1. The third kappa shape index (κ3) is 2.41. The zero-order valence-electron chi connectivity index (χ0n) is 11.2. The molecule has 0 saturated carbocycles. The second kappa shape index (κ2) is 5.46. The first-order valence-corrected chi connectivity index (χ1v) is 6.28. The van der Waals surface area contributed by atoms with Crippen LogP contribution in [0.2, 0.25) is 0 Å². The van der Waals surface area contributed by atoms with E-state index in [1.165, 1.54) is 17.1 Å². The Hall–Kier alpha value is -3.53. The maximum atomic E-state index is 10.9. The molecule has 22 heavy (non-hydrogen) atoms. The zero-order chi connectivity index (χ0) is 15.5. The average molecular weight is 291 g/mol. The number of nitrogens with zero attached hydrogens (tertiary/aromatic N) is 5. The van der Waals surface area contributed by atoms with Crippen molar-refractivity contribution in [2.75, 3.05) is 0 Å². The highest BCUT2D eigenvalue weighted by atomic mass is 16.4. The van der Waals surface area contributed by atoms with Crippen LogP contribution in [0.5, 0.6) is 0 Å². The molecule has 3 heterocycles. The van der Waals surface area contributed by atoms with E-state index >= 15 is 0 Å². The number of rotatable bonds is 3. The molecule has 0 aliphatic rings. The first-order chi connectivity index (χ1) is 10.7. The highest BCUT2D eigenvalue weighted by Gasteiger charge is 2.11. The first-order valence-electron chi connectivity index (χ1n) is 6.28. The molecule has 0 fully saturated rings. The van der Waals surface area contributed by atoms with Crippen molar-refractivity contribution >= 4 is 5.97 Å². The van der Waals surface area contributed by atoms with Gasteiger partial charge in [0.25, 0.3) is 0 Å². The molecule has 0 saturated heterocycles. The van der Waals surface area contributed by atoms with Crippen LogP contribution in [-0.2, 0) is 0 Å². The monoisotopic (exact) mass is 291 g/mol. The van der Waals surface area contributed by atoms with Crippen molar-refractivity contribution in [1.82, 2.24) is 19.7 Å². The smallest absolute Gasteiger partial charge is 0.338 e. The lowest BCUT2D eigenvalue weighted by molar-refractivity contribution is 0.0697. The molecule has 1 N–H and O–H groups in total. The number of hydrogen-bond acceptors (Lipinski definition) is 5. The van der Waals surface area contributed by atoms with Crippen LogP contribution in [-0.4, -0.2) is 30.8 Å². The van der Waals surface area contributed by atoms with E-state index in [1.807, 2.05) is 6.07 Å². The molecule has 3 aromatic rings. The van der Waals surface area contributed by atoms with Crippen molar-refractivity contribution in [2.45, 2.75) is 0 Å². The molecule has 0 aromatic carbocycles. The molecule has 0 atom stereocenters. The van der Waals surface area contributed by atoms with Crippen molar-refractivity contribution in [1.29, 1.82) is 5.26 Å². The van der Waals surface area contributed by atoms with Crippen molar-refractivity contribution in [3.63, 3.8) is 0 Å². The molecular weight excluding hydrogens is 282 g/mol. The van der Waals surface area contributed by atoms with E-state index in [1.54, 1.807) is 30.7 Å². The van der Waals surface area contributed by atoms with Crippen LogP contribution in [0.25, 0.3) is 16.9 Å². The molecule has 0 unspecified atom stereocenters. The van der Waals surface area contributed by atoms with E-state index in [2.05, 4.69) is 21.1 Å². The topological polar surface area (TPSA) is 105 Å². The number of carboxylic acids is 1. The highest BCUT2D eigenvalue weighted by Crippen LogP contribution is 2.23. The fourth-order valence-electron chi connectivity index (χ4n) is 1.97. The Morgan fingerprint density at radius 3 is 2.82 bits per heavy atom. The van der Waals surface area contributed by atoms with Crippen LogP contribution in [0.1, 0.15) is 15.9 Å². The highest BCUT2D eigenvalue weighted by molar-refractivity contribution is 5.87. The SMILES string of the molecule is N#Cc1cc(-n2cc(C(=O)O)cn2)ncc1-c1cccnc1. The molecule has 7 heteroatoms. The molecule has 3 aromatic heterocycles. The number of carboxylic acid groups (broad SMARTS) is 1. The van der Waals surface area contributed by atoms with Crippen LogP contribution in [0, 0.1) is 11.3 Å². The van der Waals surface area contributed by atoms with Gasteiger partial charge in [0, 0.05) is 42.0 Å². The van der Waals surface area contributed by atoms with Gasteiger partial charge in [-0.1, -0.05) is 6.07 Å². The summed E-state index contributed by atoms with van der Waals surface area (Å²) in [4.78, 5) is 19.1. The summed E-state index contributed by atoms with van der Waals surface area (Å²) in [5, 5.41) is 22.2. The van der Waals surface area contributed by atoms with Gasteiger partial charge in [0.2, 0.25) is 0 Å². The van der Waals surface area contributed by atoms with E-state index in [9.17, 15) is 10.1 Å². The van der Waals surface area contributed by atoms with Gasteiger partial charge in [-0.2, -0.15) is 10.4 Å². The molecule has 0 bridgehead atoms. The van der Waals surface area contributed by atoms with E-state index in [-0.39, 0.29) is 5.56 Å². The number of hydrogen-bond donors (Lipinski definition) is 1. The van der Waals surface area contributed by atoms with E-state index in [4.69, 9.17) is 5.11 Å². The molecule has 7 nitrogen and oxygen atoms in total. The second-order valence-electron chi connectivity index (χ2n) is 4.42. The van der Waals surface area contributed by atoms with Crippen LogP contribution in [0.15, 0.2) is 49.2 Å². The summed E-state index contributed by atoms with van der Waals surface area (Å²) < 4.78 is 1.32. The van der Waals surface area contributed by atoms with Gasteiger partial charge in [0.15, 0.2) is 5.82 Å². The van der Waals surface area contributed by atoms with Gasteiger partial charge in [0.1, 0.15) is 0 Å². The maximum absolute atomic E-state index is 10.9. The quantitative estimate of drug-likeness (QED) is 0.790. The van der Waals surface area contributed by atoms with Gasteiger partial charge in [-0.15, -0.1) is 0 Å². The van der Waals surface area contributed by atoms with Crippen molar-refractivity contribution in [3.05, 3.63) is 60.3 Å². The van der Waals surface area contributed by atoms with Crippen LogP contribution >= 0.6 is 0 Å². The minimum atomic E-state index is -1.07. The van der Waals surface area contributed by atoms with Gasteiger partial charge in [-0.05, 0) is 6.07 Å². The Kier molecular flexibility index (Phi) is 3.34. The molecule has 0 aliphatic heterocycles. The molecule has 0 amide bonds. The first kappa shape index (κ1) is 13.5. The molecular formula is C15H9N5O2. The summed E-state index contributed by atoms with van der Waals surface area (Å²) >= 11 is 0. The number of aromatic nitrogens is 4. The summed E-state index contributed by atoms with van der Waals surface area (Å²) in [6.45, 7) is 0. The summed E-state index contributed by atoms with van der Waals surface area (Å²) in [5.74, 6) is -0.699. The third-order valence-corrected chi connectivity index (χ3v) is 3.05. The fraction of sp³-hybridized carbons (Fsp3) is 0. The number of carbonyl (C=O) groups is 1. The van der Waals surface area contributed by atoms with E-state index in [0.717, 1.165) is 5.56 Å². The number of nitriles is 1. The Bertz CT molecular complexity index is 880. The Labute approximate surface area is 125 Å². The lowest BCUT2D eigenvalue weighted by Gasteiger charge is -2.06. The number of pyridine rings is 2. The van der Waals surface area contributed by atoms with E-state index < -0.39 is 5.97 Å². The van der Waals surface area contributed by atoms with Crippen LogP contribution in [0.3, 0.4) is 0 Å². The second-order valence-corrected chi connectivity index (χ2v) is 4.42. The lowest BCUT2D eigenvalue weighted by atomic mass is 10.0. The maximum Gasteiger partial charge on any atom is 0.338 e. The molecule has 106 valence electrons. The Morgan fingerprint density at radius 1 is 1.32 bits per heavy atom. The molecule has 0 aliphatic carbocycles. The van der Waals surface area contributed by atoms with Crippen molar-refractivity contribution < 1.29 is 9.90 Å². The normalized spacial score (nSPS) is 10.1. The standard InChI is InChI=1S/C15H9N5O2/c16-5-11-4-14(20-9-12(7-19-20)15(21)22)18-8-13(11)10-2-1-3-17-6-10/h1-4,6-9H,(H,21,22). The Morgan fingerprint density at radius 2 is 2.18 bits per heavy atom. The largest absolute Gasteiger partial charge is 0.478 e. The fourth-order valence-corrected chi connectivity index (χ4v) is 1.97. The summed E-state index contributed by atoms with van der Waals surface area (Å²) in [6.07, 6.45) is 7.41. The van der Waals surface area contributed by atoms with Crippen LogP contribution in [0.4, 0.5) is 0 Å². The van der Waals surface area contributed by atoms with Gasteiger partial charge < -0.3 is 5.11 Å². The van der Waals surface area contributed by atoms with Gasteiger partial charge >= 0.3 is 5.97 Å². The Balaban J connectivity index is 2.05. The predicted molar refractivity (Wildman–Crippen MR) is 76.3 cm³/mol. The minimum absolute atomic E-state index is 0.0524. The van der Waals surface area contributed by atoms with Crippen molar-refractivity contribution in [3.8, 4) is 23.0 Å². The van der Waals surface area contributed by atoms with E-state index in [0.29, 0.717) is 16.9 Å². The van der Waals surface area contributed by atoms with Crippen molar-refractivity contribution in [2.24, 2.45) is 0 Å². The predicted octanol–water partition coefficient (Wildman–Crippen LogP) is 1.90. The molecule has 0 spiro atoms.